The second-order valence-electron chi connectivity index (χ2n) is 5.27. The number of likely N-dealkylation sites (N-methyl/N-ethyl adjacent to an activating group) is 1. The fourth-order valence-corrected chi connectivity index (χ4v) is 1.16. The Morgan fingerprint density at radius 2 is 1.29 bits per heavy atom. The predicted octanol–water partition coefficient (Wildman–Crippen LogP) is -3.93. The number of hydrogen-bond donors (Lipinski definition) is 5. The van der Waals surface area contributed by atoms with E-state index in [1.54, 1.807) is 0 Å². The minimum absolute atomic E-state index is 0.282. The number of quaternary nitrogens is 1. The van der Waals surface area contributed by atoms with Gasteiger partial charge in [0.1, 0.15) is 12.6 Å². The lowest BCUT2D eigenvalue weighted by Gasteiger charge is -2.26. The molecule has 0 rings (SSSR count). The van der Waals surface area contributed by atoms with Crippen molar-refractivity contribution in [2.24, 2.45) is 0 Å². The van der Waals surface area contributed by atoms with E-state index in [0.717, 1.165) is 0 Å². The molecule has 0 saturated carbocycles. The zero-order valence-electron chi connectivity index (χ0n) is 12.0. The molecule has 0 fully saturated rings. The van der Waals surface area contributed by atoms with Crippen molar-refractivity contribution in [3.8, 4) is 0 Å². The van der Waals surface area contributed by atoms with E-state index in [9.17, 15) is 19.5 Å². The molecule has 0 bridgehead atoms. The van der Waals surface area contributed by atoms with Gasteiger partial charge in [0.15, 0.2) is 12.2 Å². The molecule has 124 valence electrons. The monoisotopic (exact) mass is 311 g/mol. The Hall–Kier alpha value is -1.75. The van der Waals surface area contributed by atoms with Crippen LogP contribution in [0.25, 0.3) is 0 Å². The molecule has 0 spiro atoms. The first kappa shape index (κ1) is 21.5. The van der Waals surface area contributed by atoms with Crippen molar-refractivity contribution in [2.75, 3.05) is 27.7 Å². The van der Waals surface area contributed by atoms with E-state index in [4.69, 9.17) is 25.5 Å². The molecule has 0 amide bonds. The Morgan fingerprint density at radius 1 is 0.952 bits per heavy atom. The third-order valence-electron chi connectivity index (χ3n) is 1.97. The van der Waals surface area contributed by atoms with E-state index in [1.807, 2.05) is 21.1 Å². The van der Waals surface area contributed by atoms with Gasteiger partial charge in [-0.3, -0.25) is 0 Å². The van der Waals surface area contributed by atoms with E-state index < -0.39 is 36.2 Å². The lowest BCUT2D eigenvalue weighted by Crippen LogP contribution is -2.43. The Morgan fingerprint density at radius 3 is 1.48 bits per heavy atom. The number of aliphatic hydroxyl groups excluding tert-OH is 3. The van der Waals surface area contributed by atoms with Gasteiger partial charge in [-0.1, -0.05) is 0 Å². The number of aliphatic carboxylic acids is 3. The van der Waals surface area contributed by atoms with Crippen LogP contribution in [0.4, 0.5) is 0 Å². The fourth-order valence-electron chi connectivity index (χ4n) is 1.16. The average molecular weight is 311 g/mol. The third-order valence-corrected chi connectivity index (χ3v) is 1.97. The molecule has 0 aromatic heterocycles. The maximum atomic E-state index is 10.0. The summed E-state index contributed by atoms with van der Waals surface area (Å²) >= 11 is 0. The van der Waals surface area contributed by atoms with Gasteiger partial charge >= 0.3 is 11.9 Å². The molecule has 3 atom stereocenters. The molecule has 0 aromatic carbocycles. The molecule has 21 heavy (non-hydrogen) atoms. The minimum Gasteiger partial charge on any atom is -0.550 e. The van der Waals surface area contributed by atoms with Crippen molar-refractivity contribution in [1.29, 1.82) is 0 Å². The first-order valence-corrected chi connectivity index (χ1v) is 5.78. The Kier molecular flexibility index (Phi) is 9.47. The summed E-state index contributed by atoms with van der Waals surface area (Å²) in [7, 11) is 5.66. The zero-order chi connectivity index (χ0) is 17.4. The maximum Gasteiger partial charge on any atom is 0.335 e. The smallest absolute Gasteiger partial charge is 0.335 e. The topological polar surface area (TPSA) is 175 Å². The van der Waals surface area contributed by atoms with Crippen LogP contribution in [0.15, 0.2) is 0 Å². The molecule has 0 aliphatic heterocycles. The Balaban J connectivity index is 0. The largest absolute Gasteiger partial charge is 0.550 e. The molecule has 0 radical (unpaired) electrons. The Bertz CT molecular complexity index is 345. The van der Waals surface area contributed by atoms with Crippen LogP contribution in [0, 0.1) is 0 Å². The summed E-state index contributed by atoms with van der Waals surface area (Å²) in [6.45, 7) is 0.425. The highest BCUT2D eigenvalue weighted by atomic mass is 16.4. The number of carboxylic acids is 3. The quantitative estimate of drug-likeness (QED) is 0.294. The molecular weight excluding hydrogens is 290 g/mol. The van der Waals surface area contributed by atoms with Crippen molar-refractivity contribution in [2.45, 2.75) is 24.7 Å². The van der Waals surface area contributed by atoms with Gasteiger partial charge in [0.05, 0.1) is 21.1 Å². The average Bonchev–Trinajstić information content (AvgIpc) is 2.23. The second-order valence-corrected chi connectivity index (χ2v) is 5.27. The summed E-state index contributed by atoms with van der Waals surface area (Å²) in [5.74, 6) is -4.74. The van der Waals surface area contributed by atoms with E-state index in [1.165, 1.54) is 0 Å². The summed E-state index contributed by atoms with van der Waals surface area (Å²) in [4.78, 5) is 29.6. The van der Waals surface area contributed by atoms with Gasteiger partial charge in [0.25, 0.3) is 0 Å². The van der Waals surface area contributed by atoms with Crippen molar-refractivity contribution >= 4 is 17.9 Å². The van der Waals surface area contributed by atoms with Crippen LogP contribution in [0.1, 0.15) is 6.42 Å². The molecular formula is C11H21NO9. The van der Waals surface area contributed by atoms with Crippen molar-refractivity contribution in [3.63, 3.8) is 0 Å². The standard InChI is InChI=1S/C7H15NO3.C4H6O6/c1-8(2,3)5-6(9)4-7(10)11;5-1(3(7)8)2(6)4(9)10/h6,9H,4-5H2,1-3H3;1-2,5-6H,(H,7,8)(H,9,10)/t;1-,2-/m.1/s1. The number of rotatable bonds is 7. The molecule has 1 unspecified atom stereocenters. The highest BCUT2D eigenvalue weighted by Crippen LogP contribution is 1.97. The molecule has 10 nitrogen and oxygen atoms in total. The molecule has 5 N–H and O–H groups in total. The van der Waals surface area contributed by atoms with E-state index in [0.29, 0.717) is 11.0 Å². The second kappa shape index (κ2) is 9.23. The van der Waals surface area contributed by atoms with Crippen molar-refractivity contribution in [3.05, 3.63) is 0 Å². The first-order valence-electron chi connectivity index (χ1n) is 5.78. The lowest BCUT2D eigenvalue weighted by molar-refractivity contribution is -0.873. The fraction of sp³-hybridized carbons (Fsp3) is 0.727. The van der Waals surface area contributed by atoms with Crippen LogP contribution in [0.2, 0.25) is 0 Å². The normalized spacial score (nSPS) is 15.1. The van der Waals surface area contributed by atoms with Crippen LogP contribution in [0.5, 0.6) is 0 Å². The van der Waals surface area contributed by atoms with Crippen molar-refractivity contribution in [1.82, 2.24) is 0 Å². The van der Waals surface area contributed by atoms with E-state index >= 15 is 0 Å². The number of carbonyl (C=O) groups is 3. The van der Waals surface area contributed by atoms with Crippen LogP contribution in [-0.4, -0.2) is 93.9 Å². The molecule has 0 saturated heterocycles. The summed E-state index contributed by atoms with van der Waals surface area (Å²) in [6, 6.07) is 0. The summed E-state index contributed by atoms with van der Waals surface area (Å²) in [5.41, 5.74) is 0. The molecule has 0 aliphatic rings. The SMILES string of the molecule is C[N+](C)(C)CC(O)CC(=O)[O-].O=C(O)[C@H](O)[C@@H](O)C(=O)O. The first-order chi connectivity index (χ1) is 9.27. The van der Waals surface area contributed by atoms with Crippen LogP contribution < -0.4 is 5.11 Å². The van der Waals surface area contributed by atoms with Crippen molar-refractivity contribution < 1.29 is 49.5 Å². The zero-order valence-corrected chi connectivity index (χ0v) is 12.0. The summed E-state index contributed by atoms with van der Waals surface area (Å²) < 4.78 is 0.550. The number of hydrogen-bond acceptors (Lipinski definition) is 7. The number of nitrogens with zero attached hydrogens (tertiary/aromatic N) is 1. The number of aliphatic hydroxyl groups is 3. The number of carboxylic acid groups (broad SMARTS) is 3. The highest BCUT2D eigenvalue weighted by Gasteiger charge is 2.29. The van der Waals surface area contributed by atoms with E-state index in [2.05, 4.69) is 0 Å². The molecule has 0 aliphatic carbocycles. The molecule has 0 heterocycles. The minimum atomic E-state index is -2.27. The lowest BCUT2D eigenvalue weighted by atomic mass is 10.2. The number of carbonyl (C=O) groups excluding carboxylic acids is 1. The van der Waals surface area contributed by atoms with Gasteiger partial charge in [-0.2, -0.15) is 0 Å². The third kappa shape index (κ3) is 13.0. The van der Waals surface area contributed by atoms with Crippen LogP contribution in [0.3, 0.4) is 0 Å². The van der Waals surface area contributed by atoms with E-state index in [-0.39, 0.29) is 6.42 Å². The van der Waals surface area contributed by atoms with Gasteiger partial charge < -0.3 is 39.9 Å². The molecule has 10 heteroatoms. The van der Waals surface area contributed by atoms with Crippen LogP contribution in [-0.2, 0) is 14.4 Å². The highest BCUT2D eigenvalue weighted by molar-refractivity contribution is 5.83. The summed E-state index contributed by atoms with van der Waals surface area (Å²) in [6.07, 6.45) is -5.62. The van der Waals surface area contributed by atoms with Crippen LogP contribution >= 0.6 is 0 Å². The van der Waals surface area contributed by atoms with Gasteiger partial charge in [-0.15, -0.1) is 0 Å². The maximum absolute atomic E-state index is 10.0. The van der Waals surface area contributed by atoms with Gasteiger partial charge in [0, 0.05) is 12.4 Å². The predicted molar refractivity (Wildman–Crippen MR) is 65.8 cm³/mol. The Labute approximate surface area is 121 Å². The van der Waals surface area contributed by atoms with Gasteiger partial charge in [-0.25, -0.2) is 9.59 Å². The summed E-state index contributed by atoms with van der Waals surface area (Å²) in [5, 5.41) is 51.7. The molecule has 0 aromatic rings. The van der Waals surface area contributed by atoms with Gasteiger partial charge in [0.2, 0.25) is 0 Å². The van der Waals surface area contributed by atoms with Gasteiger partial charge in [-0.05, 0) is 0 Å².